The summed E-state index contributed by atoms with van der Waals surface area (Å²) in [4.78, 5) is 27.3. The second-order valence-corrected chi connectivity index (χ2v) is 5.81. The molecule has 0 saturated carbocycles. The van der Waals surface area contributed by atoms with Crippen molar-refractivity contribution in [2.24, 2.45) is 0 Å². The van der Waals surface area contributed by atoms with Gasteiger partial charge in [0.2, 0.25) is 0 Å². The molecule has 0 saturated heterocycles. The molecule has 0 radical (unpaired) electrons. The first kappa shape index (κ1) is 15.3. The summed E-state index contributed by atoms with van der Waals surface area (Å²) in [5.74, 6) is 1.47. The minimum Gasteiger partial charge on any atom is -0.497 e. The van der Waals surface area contributed by atoms with Crippen LogP contribution in [0.2, 0.25) is 0 Å². The molecule has 1 atom stereocenters. The van der Waals surface area contributed by atoms with Crippen molar-refractivity contribution >= 4 is 5.91 Å². The van der Waals surface area contributed by atoms with Crippen molar-refractivity contribution in [3.05, 3.63) is 72.3 Å². The molecule has 1 aromatic carbocycles. The van der Waals surface area contributed by atoms with Crippen molar-refractivity contribution < 1.29 is 9.53 Å². The van der Waals surface area contributed by atoms with Gasteiger partial charge in [-0.3, -0.25) is 9.78 Å². The van der Waals surface area contributed by atoms with Crippen LogP contribution in [0.5, 0.6) is 5.75 Å². The second-order valence-electron chi connectivity index (χ2n) is 5.81. The number of hydrogen-bond donors (Lipinski definition) is 0. The molecule has 4 rings (SSSR count). The highest BCUT2D eigenvalue weighted by atomic mass is 16.5. The average molecular weight is 335 g/mol. The molecule has 0 spiro atoms. The van der Waals surface area contributed by atoms with E-state index in [0.717, 1.165) is 17.1 Å². The van der Waals surface area contributed by atoms with Gasteiger partial charge in [0.1, 0.15) is 17.3 Å². The van der Waals surface area contributed by atoms with Crippen LogP contribution in [-0.2, 0) is 13.1 Å². The third-order valence-electron chi connectivity index (χ3n) is 4.38. The van der Waals surface area contributed by atoms with Gasteiger partial charge in [0.15, 0.2) is 0 Å². The molecule has 0 unspecified atom stereocenters. The summed E-state index contributed by atoms with van der Waals surface area (Å²) in [5, 5.41) is 0. The zero-order chi connectivity index (χ0) is 17.2. The standard InChI is InChI=1S/C18H17N5O2/c1-25-14-4-2-3-13(9-14)16-11-22-8-7-21-17(22)12-23(16)18(24)15-10-19-5-6-20-15/h2-10,16H,11-12H2,1H3/t16-/m0/s1. The molecule has 7 nitrogen and oxygen atoms in total. The van der Waals surface area contributed by atoms with Gasteiger partial charge in [0, 0.05) is 31.3 Å². The summed E-state index contributed by atoms with van der Waals surface area (Å²) in [7, 11) is 1.64. The Labute approximate surface area is 144 Å². The van der Waals surface area contributed by atoms with Gasteiger partial charge < -0.3 is 14.2 Å². The molecule has 1 aliphatic heterocycles. The molecule has 1 aliphatic rings. The number of benzene rings is 1. The minimum absolute atomic E-state index is 0.133. The highest BCUT2D eigenvalue weighted by Crippen LogP contribution is 2.31. The van der Waals surface area contributed by atoms with Gasteiger partial charge >= 0.3 is 0 Å². The van der Waals surface area contributed by atoms with E-state index in [4.69, 9.17) is 4.74 Å². The Balaban J connectivity index is 1.74. The summed E-state index contributed by atoms with van der Waals surface area (Å²) in [6.07, 6.45) is 8.27. The van der Waals surface area contributed by atoms with Crippen LogP contribution in [0.3, 0.4) is 0 Å². The number of nitrogens with zero attached hydrogens (tertiary/aromatic N) is 5. The maximum absolute atomic E-state index is 13.0. The van der Waals surface area contributed by atoms with Crippen LogP contribution in [0.15, 0.2) is 55.2 Å². The van der Waals surface area contributed by atoms with E-state index in [9.17, 15) is 4.79 Å². The van der Waals surface area contributed by atoms with Crippen LogP contribution in [-0.4, -0.2) is 37.4 Å². The number of hydrogen-bond acceptors (Lipinski definition) is 5. The van der Waals surface area contributed by atoms with Crippen molar-refractivity contribution in [1.29, 1.82) is 0 Å². The van der Waals surface area contributed by atoms with Gasteiger partial charge in [-0.2, -0.15) is 0 Å². The predicted molar refractivity (Wildman–Crippen MR) is 89.9 cm³/mol. The van der Waals surface area contributed by atoms with Crippen molar-refractivity contribution in [3.8, 4) is 5.75 Å². The Morgan fingerprint density at radius 1 is 1.24 bits per heavy atom. The van der Waals surface area contributed by atoms with E-state index >= 15 is 0 Å². The van der Waals surface area contributed by atoms with Gasteiger partial charge in [0.05, 0.1) is 25.9 Å². The van der Waals surface area contributed by atoms with Gasteiger partial charge in [-0.05, 0) is 17.7 Å². The van der Waals surface area contributed by atoms with Gasteiger partial charge in [0.25, 0.3) is 5.91 Å². The smallest absolute Gasteiger partial charge is 0.275 e. The lowest BCUT2D eigenvalue weighted by Gasteiger charge is -2.36. The predicted octanol–water partition coefficient (Wildman–Crippen LogP) is 2.08. The van der Waals surface area contributed by atoms with E-state index in [2.05, 4.69) is 19.5 Å². The number of imidazole rings is 1. The first-order chi connectivity index (χ1) is 12.3. The van der Waals surface area contributed by atoms with E-state index in [1.807, 2.05) is 30.5 Å². The maximum atomic E-state index is 13.0. The molecule has 1 amide bonds. The Kier molecular flexibility index (Phi) is 3.89. The molecule has 0 fully saturated rings. The third kappa shape index (κ3) is 2.84. The largest absolute Gasteiger partial charge is 0.497 e. The zero-order valence-electron chi connectivity index (χ0n) is 13.7. The fraction of sp³-hybridized carbons (Fsp3) is 0.222. The number of fused-ring (bicyclic) bond motifs is 1. The van der Waals surface area contributed by atoms with Crippen molar-refractivity contribution in [2.45, 2.75) is 19.1 Å². The molecule has 3 heterocycles. The number of aromatic nitrogens is 4. The lowest BCUT2D eigenvalue weighted by atomic mass is 10.0. The highest BCUT2D eigenvalue weighted by molar-refractivity contribution is 5.92. The lowest BCUT2D eigenvalue weighted by Crippen LogP contribution is -2.41. The monoisotopic (exact) mass is 335 g/mol. The first-order valence-electron chi connectivity index (χ1n) is 7.97. The van der Waals surface area contributed by atoms with Crippen LogP contribution < -0.4 is 4.74 Å². The summed E-state index contributed by atoms with van der Waals surface area (Å²) in [5.41, 5.74) is 1.34. The molecule has 7 heteroatoms. The van der Waals surface area contributed by atoms with Crippen molar-refractivity contribution in [3.63, 3.8) is 0 Å². The number of carbonyl (C=O) groups excluding carboxylic acids is 1. The molecule has 126 valence electrons. The SMILES string of the molecule is COc1cccc([C@@H]2Cn3ccnc3CN2C(=O)c2cnccn2)c1. The number of rotatable bonds is 3. The Hall–Kier alpha value is -3.22. The molecule has 2 aromatic heterocycles. The highest BCUT2D eigenvalue weighted by Gasteiger charge is 2.32. The number of ether oxygens (including phenoxy) is 1. The molecular weight excluding hydrogens is 318 g/mol. The van der Waals surface area contributed by atoms with Crippen LogP contribution in [0.25, 0.3) is 0 Å². The van der Waals surface area contributed by atoms with Crippen LogP contribution >= 0.6 is 0 Å². The molecular formula is C18H17N5O2. The summed E-state index contributed by atoms with van der Waals surface area (Å²) in [6, 6.07) is 7.66. The maximum Gasteiger partial charge on any atom is 0.275 e. The molecule has 0 aliphatic carbocycles. The summed E-state index contributed by atoms with van der Waals surface area (Å²) in [6.45, 7) is 1.05. The minimum atomic E-state index is -0.157. The molecule has 3 aromatic rings. The van der Waals surface area contributed by atoms with Crippen LogP contribution in [0.1, 0.15) is 27.9 Å². The quantitative estimate of drug-likeness (QED) is 0.733. The van der Waals surface area contributed by atoms with E-state index in [1.165, 1.54) is 12.4 Å². The fourth-order valence-electron chi connectivity index (χ4n) is 3.11. The van der Waals surface area contributed by atoms with E-state index in [-0.39, 0.29) is 11.9 Å². The number of amides is 1. The van der Waals surface area contributed by atoms with Crippen LogP contribution in [0, 0.1) is 0 Å². The topological polar surface area (TPSA) is 73.1 Å². The van der Waals surface area contributed by atoms with Gasteiger partial charge in [-0.1, -0.05) is 12.1 Å². The van der Waals surface area contributed by atoms with Gasteiger partial charge in [-0.15, -0.1) is 0 Å². The van der Waals surface area contributed by atoms with E-state index in [1.54, 1.807) is 24.4 Å². The lowest BCUT2D eigenvalue weighted by molar-refractivity contribution is 0.0577. The average Bonchev–Trinajstić information content (AvgIpc) is 3.14. The molecule has 0 bridgehead atoms. The molecule has 0 N–H and O–H groups in total. The second kappa shape index (κ2) is 6.35. The van der Waals surface area contributed by atoms with Gasteiger partial charge in [-0.25, -0.2) is 9.97 Å². The van der Waals surface area contributed by atoms with E-state index in [0.29, 0.717) is 18.8 Å². The Morgan fingerprint density at radius 3 is 2.96 bits per heavy atom. The van der Waals surface area contributed by atoms with E-state index < -0.39 is 0 Å². The molecule has 25 heavy (non-hydrogen) atoms. The summed E-state index contributed by atoms with van der Waals surface area (Å²) >= 11 is 0. The summed E-state index contributed by atoms with van der Waals surface area (Å²) < 4.78 is 7.41. The van der Waals surface area contributed by atoms with Crippen molar-refractivity contribution in [1.82, 2.24) is 24.4 Å². The Bertz CT molecular complexity index is 893. The first-order valence-corrected chi connectivity index (χ1v) is 7.97. The van der Waals surface area contributed by atoms with Crippen molar-refractivity contribution in [2.75, 3.05) is 7.11 Å². The zero-order valence-corrected chi connectivity index (χ0v) is 13.7. The third-order valence-corrected chi connectivity index (χ3v) is 4.38. The fourth-order valence-corrected chi connectivity index (χ4v) is 3.11. The number of carbonyl (C=O) groups is 1. The van der Waals surface area contributed by atoms with Crippen LogP contribution in [0.4, 0.5) is 0 Å². The number of methoxy groups -OCH3 is 1. The Morgan fingerprint density at radius 2 is 2.16 bits per heavy atom. The normalized spacial score (nSPS) is 16.4.